The van der Waals surface area contributed by atoms with Crippen LogP contribution >= 0.6 is 11.8 Å². The number of nitrogens with one attached hydrogen (secondary N) is 4. The van der Waals surface area contributed by atoms with Crippen molar-refractivity contribution < 1.29 is 73.5 Å². The molecule has 0 saturated carbocycles. The van der Waals surface area contributed by atoms with Gasteiger partial charge >= 0.3 is 29.8 Å². The maximum Gasteiger partial charge on any atom is 0.323 e. The molecule has 0 aromatic rings. The molecule has 0 rings (SSSR count). The molecule has 0 unspecified atom stereocenters. The van der Waals surface area contributed by atoms with E-state index in [1.54, 1.807) is 6.26 Å². The van der Waals surface area contributed by atoms with Crippen LogP contribution in [0.15, 0.2) is 12.7 Å². The standard InChI is InChI=1S/C29H44N6O15S/c1-3-11-35(14-24(44)45)29(50)19(6-9-22(40)41)34-27(48)17(5-8-21(38)39)32-28(49)18(10-12-51-2)33-26(47)16(4-7-20(36)37)31-25(46)15(30)13-23(42)43/h3,15-19H,1,4-14,30H2,2H3,(H,31,46)(H,32,49)(H,33,47)(H,34,48)(H,36,37)(H,38,39)(H,40,41)(H,42,43)(H,44,45)/t15-,16-,17-,18-,19-/m0/s1. The lowest BCUT2D eigenvalue weighted by molar-refractivity contribution is -0.146. The number of nitrogens with two attached hydrogens (primary N) is 1. The number of aliphatic carboxylic acids is 5. The minimum absolute atomic E-state index is 0.102. The molecule has 0 aromatic heterocycles. The lowest BCUT2D eigenvalue weighted by Gasteiger charge is -2.28. The number of amides is 5. The number of rotatable bonds is 27. The Morgan fingerprint density at radius 2 is 1.02 bits per heavy atom. The smallest absolute Gasteiger partial charge is 0.323 e. The fraction of sp³-hybridized carbons (Fsp3) is 0.586. The summed E-state index contributed by atoms with van der Waals surface area (Å²) in [7, 11) is 0. The van der Waals surface area contributed by atoms with Gasteiger partial charge in [0.2, 0.25) is 29.5 Å². The molecule has 0 aliphatic heterocycles. The van der Waals surface area contributed by atoms with Crippen LogP contribution in [0, 0.1) is 0 Å². The van der Waals surface area contributed by atoms with Gasteiger partial charge in [0.05, 0.1) is 12.5 Å². The summed E-state index contributed by atoms with van der Waals surface area (Å²) >= 11 is 1.24. The van der Waals surface area contributed by atoms with Gasteiger partial charge in [-0.1, -0.05) is 6.08 Å². The molecule has 0 radical (unpaired) electrons. The average molecular weight is 749 g/mol. The monoisotopic (exact) mass is 748 g/mol. The van der Waals surface area contributed by atoms with E-state index in [0.717, 1.165) is 4.90 Å². The van der Waals surface area contributed by atoms with Crippen molar-refractivity contribution in [2.75, 3.05) is 25.1 Å². The zero-order valence-electron chi connectivity index (χ0n) is 27.7. The largest absolute Gasteiger partial charge is 0.481 e. The number of carboxylic acid groups (broad SMARTS) is 5. The van der Waals surface area contributed by atoms with Crippen LogP contribution in [0.1, 0.15) is 51.4 Å². The van der Waals surface area contributed by atoms with Crippen molar-refractivity contribution in [3.63, 3.8) is 0 Å². The predicted octanol–water partition coefficient (Wildman–Crippen LogP) is -2.83. The van der Waals surface area contributed by atoms with E-state index in [1.165, 1.54) is 17.8 Å². The summed E-state index contributed by atoms with van der Waals surface area (Å²) in [5.41, 5.74) is 5.54. The Balaban J connectivity index is 6.34. The van der Waals surface area contributed by atoms with Crippen molar-refractivity contribution in [2.45, 2.75) is 81.6 Å². The summed E-state index contributed by atoms with van der Waals surface area (Å²) in [6.07, 6.45) is -1.60. The van der Waals surface area contributed by atoms with Crippen molar-refractivity contribution in [3.05, 3.63) is 12.7 Å². The van der Waals surface area contributed by atoms with Gasteiger partial charge < -0.3 is 57.4 Å². The molecule has 286 valence electrons. The number of thioether (sulfide) groups is 1. The molecule has 0 aliphatic rings. The van der Waals surface area contributed by atoms with Crippen LogP contribution in [-0.4, -0.2) is 145 Å². The first-order valence-electron chi connectivity index (χ1n) is 15.3. The Bertz CT molecular complexity index is 1310. The molecule has 51 heavy (non-hydrogen) atoms. The van der Waals surface area contributed by atoms with Gasteiger partial charge in [-0.25, -0.2) is 0 Å². The van der Waals surface area contributed by atoms with Gasteiger partial charge in [0, 0.05) is 25.8 Å². The van der Waals surface area contributed by atoms with E-state index in [0.29, 0.717) is 0 Å². The Labute approximate surface area is 295 Å². The third-order valence-corrected chi connectivity index (χ3v) is 7.43. The topological polar surface area (TPSA) is 349 Å². The van der Waals surface area contributed by atoms with E-state index < -0.39 is 141 Å². The fourth-order valence-electron chi connectivity index (χ4n) is 4.25. The zero-order valence-corrected chi connectivity index (χ0v) is 28.5. The van der Waals surface area contributed by atoms with Gasteiger partial charge in [-0.05, 0) is 37.7 Å². The Morgan fingerprint density at radius 3 is 1.39 bits per heavy atom. The molecular formula is C29H44N6O15S. The van der Waals surface area contributed by atoms with E-state index in [9.17, 15) is 58.2 Å². The molecule has 0 bridgehead atoms. The molecule has 0 fully saturated rings. The maximum atomic E-state index is 13.5. The number of hydrogen-bond acceptors (Lipinski definition) is 12. The highest BCUT2D eigenvalue weighted by Gasteiger charge is 2.34. The third-order valence-electron chi connectivity index (χ3n) is 6.78. The number of hydrogen-bond donors (Lipinski definition) is 10. The Kier molecular flexibility index (Phi) is 21.5. The van der Waals surface area contributed by atoms with Gasteiger partial charge in [-0.2, -0.15) is 11.8 Å². The van der Waals surface area contributed by atoms with E-state index in [-0.39, 0.29) is 18.7 Å². The number of carbonyl (C=O) groups is 10. The first-order valence-corrected chi connectivity index (χ1v) is 16.7. The first-order chi connectivity index (χ1) is 23.8. The van der Waals surface area contributed by atoms with E-state index in [2.05, 4.69) is 27.8 Å². The summed E-state index contributed by atoms with van der Waals surface area (Å²) in [5, 5.41) is 54.7. The van der Waals surface area contributed by atoms with Crippen molar-refractivity contribution in [2.24, 2.45) is 5.73 Å². The highest BCUT2D eigenvalue weighted by Crippen LogP contribution is 2.09. The van der Waals surface area contributed by atoms with Crippen molar-refractivity contribution in [1.82, 2.24) is 26.2 Å². The average Bonchev–Trinajstić information content (AvgIpc) is 3.03. The lowest BCUT2D eigenvalue weighted by atomic mass is 10.1. The maximum absolute atomic E-state index is 13.5. The van der Waals surface area contributed by atoms with Gasteiger partial charge in [-0.15, -0.1) is 6.58 Å². The minimum Gasteiger partial charge on any atom is -0.481 e. The summed E-state index contributed by atoms with van der Waals surface area (Å²) in [6.45, 7) is 2.30. The van der Waals surface area contributed by atoms with E-state index in [4.69, 9.17) is 21.1 Å². The van der Waals surface area contributed by atoms with E-state index >= 15 is 0 Å². The lowest BCUT2D eigenvalue weighted by Crippen LogP contribution is -2.59. The number of carbonyl (C=O) groups excluding carboxylic acids is 5. The van der Waals surface area contributed by atoms with Gasteiger partial charge in [0.25, 0.3) is 0 Å². The molecule has 22 heteroatoms. The molecule has 5 amide bonds. The van der Waals surface area contributed by atoms with Crippen molar-refractivity contribution in [3.8, 4) is 0 Å². The molecule has 0 aliphatic carbocycles. The molecule has 0 saturated heterocycles. The molecule has 0 spiro atoms. The van der Waals surface area contributed by atoms with Crippen molar-refractivity contribution in [1.29, 1.82) is 0 Å². The first kappa shape index (κ1) is 45.8. The minimum atomic E-state index is -1.69. The second-order valence-electron chi connectivity index (χ2n) is 10.9. The van der Waals surface area contributed by atoms with E-state index in [1.807, 2.05) is 0 Å². The van der Waals surface area contributed by atoms with Crippen molar-refractivity contribution >= 4 is 71.1 Å². The molecular weight excluding hydrogens is 704 g/mol. The molecule has 0 heterocycles. The predicted molar refractivity (Wildman–Crippen MR) is 176 cm³/mol. The highest BCUT2D eigenvalue weighted by molar-refractivity contribution is 7.98. The van der Waals surface area contributed by atoms with Gasteiger partial charge in [0.1, 0.15) is 30.7 Å². The summed E-state index contributed by atoms with van der Waals surface area (Å²) in [6, 6.07) is -7.99. The number of carboxylic acids is 5. The fourth-order valence-corrected chi connectivity index (χ4v) is 4.72. The van der Waals surface area contributed by atoms with Crippen LogP contribution < -0.4 is 27.0 Å². The second-order valence-corrected chi connectivity index (χ2v) is 11.9. The van der Waals surface area contributed by atoms with Crippen LogP contribution in [-0.2, 0) is 47.9 Å². The SMILES string of the molecule is C=CCN(CC(=O)O)C(=O)[C@H](CCC(=O)O)NC(=O)[C@H](CCC(=O)O)NC(=O)[C@H](CCSC)NC(=O)[C@H](CCC(=O)O)NC(=O)[C@@H](N)CC(=O)O. The van der Waals surface area contributed by atoms with Crippen LogP contribution in [0.5, 0.6) is 0 Å². The Hall–Kier alpha value is -5.25. The summed E-state index contributed by atoms with van der Waals surface area (Å²) in [4.78, 5) is 123. The zero-order chi connectivity index (χ0) is 39.3. The normalized spacial score (nSPS) is 13.5. The quantitative estimate of drug-likeness (QED) is 0.0379. The van der Waals surface area contributed by atoms with Crippen LogP contribution in [0.25, 0.3) is 0 Å². The third kappa shape index (κ3) is 19.5. The molecule has 5 atom stereocenters. The second kappa shape index (κ2) is 24.0. The van der Waals surface area contributed by atoms with Crippen LogP contribution in [0.2, 0.25) is 0 Å². The van der Waals surface area contributed by atoms with Crippen LogP contribution in [0.4, 0.5) is 0 Å². The van der Waals surface area contributed by atoms with Gasteiger partial charge in [0.15, 0.2) is 0 Å². The summed E-state index contributed by atoms with van der Waals surface area (Å²) in [5.74, 6) is -12.1. The number of nitrogens with zero attached hydrogens (tertiary/aromatic N) is 1. The Morgan fingerprint density at radius 1 is 0.627 bits per heavy atom. The highest BCUT2D eigenvalue weighted by atomic mass is 32.2. The molecule has 0 aromatic carbocycles. The van der Waals surface area contributed by atoms with Gasteiger partial charge in [-0.3, -0.25) is 47.9 Å². The molecule has 21 nitrogen and oxygen atoms in total. The molecule has 11 N–H and O–H groups in total. The summed E-state index contributed by atoms with van der Waals surface area (Å²) < 4.78 is 0. The van der Waals surface area contributed by atoms with Crippen LogP contribution in [0.3, 0.4) is 0 Å².